The van der Waals surface area contributed by atoms with Crippen LogP contribution in [0.4, 0.5) is 5.69 Å². The van der Waals surface area contributed by atoms with Crippen molar-refractivity contribution in [3.63, 3.8) is 0 Å². The number of carbonyl (C=O) groups is 1. The standard InChI is InChI=1S/C24H32N2O5.2ClH/c1-4-22(28)18-5-8-21(9-6-18)31-17-20(27)16-25-11-13-26(14-12-25)19-7-10-23(29-2)24(15-19)30-3;;/h5-10,15,20,27H,4,11-14,16-17H2,1-3H3;2*1H. The third-order valence-corrected chi connectivity index (χ3v) is 5.51. The van der Waals surface area contributed by atoms with E-state index >= 15 is 0 Å². The minimum absolute atomic E-state index is 0. The first-order valence-corrected chi connectivity index (χ1v) is 10.7. The minimum Gasteiger partial charge on any atom is -0.493 e. The van der Waals surface area contributed by atoms with Gasteiger partial charge in [0.2, 0.25) is 0 Å². The van der Waals surface area contributed by atoms with Crippen LogP contribution < -0.4 is 19.1 Å². The highest BCUT2D eigenvalue weighted by molar-refractivity contribution is 5.95. The third kappa shape index (κ3) is 7.96. The van der Waals surface area contributed by atoms with Crippen molar-refractivity contribution in [2.75, 3.05) is 58.5 Å². The molecule has 1 heterocycles. The van der Waals surface area contributed by atoms with E-state index in [1.165, 1.54) is 0 Å². The van der Waals surface area contributed by atoms with Gasteiger partial charge in [-0.1, -0.05) is 6.92 Å². The summed E-state index contributed by atoms with van der Waals surface area (Å²) in [5.41, 5.74) is 1.79. The summed E-state index contributed by atoms with van der Waals surface area (Å²) in [6.45, 7) is 6.09. The normalized spacial score (nSPS) is 14.5. The summed E-state index contributed by atoms with van der Waals surface area (Å²) in [6.07, 6.45) is -0.0948. The Balaban J connectivity index is 0.00000272. The quantitative estimate of drug-likeness (QED) is 0.498. The van der Waals surface area contributed by atoms with Gasteiger partial charge in [0.05, 0.1) is 14.2 Å². The fraction of sp³-hybridized carbons (Fsp3) is 0.458. The SMILES string of the molecule is CCC(=O)c1ccc(OCC(O)CN2CCN(c3ccc(OC)c(OC)c3)CC2)cc1.Cl.Cl. The Bertz CT molecular complexity index is 858. The molecule has 2 aromatic carbocycles. The molecular formula is C24H34Cl2N2O5. The van der Waals surface area contributed by atoms with Crippen LogP contribution in [0.1, 0.15) is 23.7 Å². The molecule has 0 spiro atoms. The van der Waals surface area contributed by atoms with Gasteiger partial charge in [0.1, 0.15) is 18.5 Å². The van der Waals surface area contributed by atoms with Crippen molar-refractivity contribution in [2.24, 2.45) is 0 Å². The minimum atomic E-state index is -0.579. The number of hydrogen-bond acceptors (Lipinski definition) is 7. The van der Waals surface area contributed by atoms with Gasteiger partial charge in [0, 0.05) is 56.5 Å². The molecule has 1 atom stereocenters. The summed E-state index contributed by atoms with van der Waals surface area (Å²) >= 11 is 0. The summed E-state index contributed by atoms with van der Waals surface area (Å²) in [5, 5.41) is 10.4. The van der Waals surface area contributed by atoms with E-state index in [9.17, 15) is 9.90 Å². The molecule has 0 aliphatic carbocycles. The summed E-state index contributed by atoms with van der Waals surface area (Å²) in [7, 11) is 3.27. The molecule has 0 amide bonds. The molecule has 1 N–H and O–H groups in total. The second-order valence-corrected chi connectivity index (χ2v) is 7.59. The Morgan fingerprint density at radius 1 is 0.970 bits per heavy atom. The van der Waals surface area contributed by atoms with Gasteiger partial charge in [0.25, 0.3) is 0 Å². The van der Waals surface area contributed by atoms with Crippen LogP contribution in [0.2, 0.25) is 0 Å². The van der Waals surface area contributed by atoms with Gasteiger partial charge in [-0.05, 0) is 36.4 Å². The number of carbonyl (C=O) groups excluding carboxylic acids is 1. The summed E-state index contributed by atoms with van der Waals surface area (Å²) in [4.78, 5) is 16.2. The zero-order valence-electron chi connectivity index (χ0n) is 19.4. The Labute approximate surface area is 208 Å². The molecule has 1 unspecified atom stereocenters. The summed E-state index contributed by atoms with van der Waals surface area (Å²) < 4.78 is 16.4. The van der Waals surface area contributed by atoms with Crippen molar-refractivity contribution >= 4 is 36.3 Å². The highest BCUT2D eigenvalue weighted by atomic mass is 35.5. The van der Waals surface area contributed by atoms with Crippen LogP contribution in [-0.2, 0) is 0 Å². The predicted octanol–water partition coefficient (Wildman–Crippen LogP) is 3.70. The van der Waals surface area contributed by atoms with E-state index in [-0.39, 0.29) is 37.2 Å². The maximum absolute atomic E-state index is 11.7. The number of β-amino-alcohol motifs (C(OH)–C–C–N with tert-alkyl or cyclic N) is 1. The average molecular weight is 501 g/mol. The van der Waals surface area contributed by atoms with Crippen LogP contribution in [0.3, 0.4) is 0 Å². The monoisotopic (exact) mass is 500 g/mol. The molecule has 1 aliphatic heterocycles. The number of hydrogen-bond donors (Lipinski definition) is 1. The molecule has 0 aromatic heterocycles. The van der Waals surface area contributed by atoms with Gasteiger partial charge in [0.15, 0.2) is 17.3 Å². The fourth-order valence-electron chi connectivity index (χ4n) is 3.69. The number of methoxy groups -OCH3 is 2. The van der Waals surface area contributed by atoms with Crippen molar-refractivity contribution in [3.05, 3.63) is 48.0 Å². The number of rotatable bonds is 10. The first-order chi connectivity index (χ1) is 15.0. The first-order valence-electron chi connectivity index (χ1n) is 10.7. The van der Waals surface area contributed by atoms with E-state index in [1.807, 2.05) is 25.1 Å². The van der Waals surface area contributed by atoms with Crippen LogP contribution in [0.5, 0.6) is 17.2 Å². The largest absolute Gasteiger partial charge is 0.493 e. The molecule has 1 fully saturated rings. The highest BCUT2D eigenvalue weighted by Crippen LogP contribution is 2.31. The topological polar surface area (TPSA) is 71.5 Å². The molecule has 1 saturated heterocycles. The van der Waals surface area contributed by atoms with Gasteiger partial charge >= 0.3 is 0 Å². The fourth-order valence-corrected chi connectivity index (χ4v) is 3.69. The van der Waals surface area contributed by atoms with E-state index in [0.29, 0.717) is 24.3 Å². The smallest absolute Gasteiger partial charge is 0.162 e. The van der Waals surface area contributed by atoms with Crippen molar-refractivity contribution in [1.29, 1.82) is 0 Å². The molecule has 9 heteroatoms. The van der Waals surface area contributed by atoms with Crippen LogP contribution in [-0.4, -0.2) is 75.4 Å². The second kappa shape index (κ2) is 14.2. The Morgan fingerprint density at radius 2 is 1.61 bits per heavy atom. The number of Topliss-reactive ketones (excluding diaryl/α,β-unsaturated/α-hetero) is 1. The van der Waals surface area contributed by atoms with Crippen LogP contribution in [0.25, 0.3) is 0 Å². The van der Waals surface area contributed by atoms with Gasteiger partial charge in [-0.3, -0.25) is 9.69 Å². The lowest BCUT2D eigenvalue weighted by atomic mass is 10.1. The second-order valence-electron chi connectivity index (χ2n) is 7.59. The maximum Gasteiger partial charge on any atom is 0.162 e. The first kappa shape index (κ1) is 28.8. The van der Waals surface area contributed by atoms with Crippen LogP contribution in [0, 0.1) is 0 Å². The molecule has 184 valence electrons. The number of nitrogens with zero attached hydrogens (tertiary/aromatic N) is 2. The number of halogens is 2. The molecule has 0 bridgehead atoms. The zero-order valence-corrected chi connectivity index (χ0v) is 21.0. The average Bonchev–Trinajstić information content (AvgIpc) is 2.82. The molecule has 0 saturated carbocycles. The molecular weight excluding hydrogens is 467 g/mol. The number of benzene rings is 2. The number of aliphatic hydroxyl groups excluding tert-OH is 1. The molecule has 2 aromatic rings. The van der Waals surface area contributed by atoms with Crippen molar-refractivity contribution < 1.29 is 24.1 Å². The lowest BCUT2D eigenvalue weighted by molar-refractivity contribution is 0.0663. The number of ether oxygens (including phenoxy) is 3. The summed E-state index contributed by atoms with van der Waals surface area (Å²) in [5.74, 6) is 2.21. The van der Waals surface area contributed by atoms with Crippen LogP contribution in [0.15, 0.2) is 42.5 Å². The molecule has 33 heavy (non-hydrogen) atoms. The van der Waals surface area contributed by atoms with Crippen LogP contribution >= 0.6 is 24.8 Å². The number of aliphatic hydroxyl groups is 1. The highest BCUT2D eigenvalue weighted by Gasteiger charge is 2.20. The Kier molecular flexibility index (Phi) is 12.4. The molecule has 1 aliphatic rings. The summed E-state index contributed by atoms with van der Waals surface area (Å²) in [6, 6.07) is 13.0. The van der Waals surface area contributed by atoms with Crippen molar-refractivity contribution in [1.82, 2.24) is 4.90 Å². The predicted molar refractivity (Wildman–Crippen MR) is 135 cm³/mol. The molecule has 3 rings (SSSR count). The van der Waals surface area contributed by atoms with Crippen molar-refractivity contribution in [3.8, 4) is 17.2 Å². The van der Waals surface area contributed by atoms with Gasteiger partial charge < -0.3 is 24.2 Å². The van der Waals surface area contributed by atoms with Crippen molar-refractivity contribution in [2.45, 2.75) is 19.4 Å². The Hall–Kier alpha value is -2.19. The van der Waals surface area contributed by atoms with E-state index in [1.54, 1.807) is 38.5 Å². The number of anilines is 1. The van der Waals surface area contributed by atoms with Gasteiger partial charge in [-0.25, -0.2) is 0 Å². The maximum atomic E-state index is 11.7. The lowest BCUT2D eigenvalue weighted by Gasteiger charge is -2.37. The lowest BCUT2D eigenvalue weighted by Crippen LogP contribution is -2.49. The van der Waals surface area contributed by atoms with E-state index in [4.69, 9.17) is 14.2 Å². The van der Waals surface area contributed by atoms with E-state index < -0.39 is 6.10 Å². The van der Waals surface area contributed by atoms with E-state index in [2.05, 4.69) is 9.80 Å². The zero-order chi connectivity index (χ0) is 22.2. The molecule has 7 nitrogen and oxygen atoms in total. The molecule has 0 radical (unpaired) electrons. The van der Waals surface area contributed by atoms with Gasteiger partial charge in [-0.15, -0.1) is 24.8 Å². The number of ketones is 1. The van der Waals surface area contributed by atoms with E-state index in [0.717, 1.165) is 43.4 Å². The van der Waals surface area contributed by atoms with Gasteiger partial charge in [-0.2, -0.15) is 0 Å². The number of piperazine rings is 1. The Morgan fingerprint density at radius 3 is 2.18 bits per heavy atom. The third-order valence-electron chi connectivity index (χ3n) is 5.51.